The highest BCUT2D eigenvalue weighted by molar-refractivity contribution is 4.94. The smallest absolute Gasteiger partial charge is 0.0319 e. The Morgan fingerprint density at radius 1 is 1.17 bits per heavy atom. The van der Waals surface area contributed by atoms with E-state index in [9.17, 15) is 0 Å². The van der Waals surface area contributed by atoms with Gasteiger partial charge in [0.1, 0.15) is 0 Å². The Hall–Kier alpha value is -0.260. The van der Waals surface area contributed by atoms with Crippen molar-refractivity contribution in [2.24, 2.45) is 17.3 Å². The second-order valence-corrected chi connectivity index (χ2v) is 5.44. The van der Waals surface area contributed by atoms with Crippen molar-refractivity contribution >= 4 is 0 Å². The Morgan fingerprint density at radius 3 is 2.25 bits per heavy atom. The summed E-state index contributed by atoms with van der Waals surface area (Å²) in [7, 11) is 0. The number of allylic oxidation sites excluding steroid dienone is 2. The number of hydrogen-bond acceptors (Lipinski definition) is 0. The van der Waals surface area contributed by atoms with Gasteiger partial charge < -0.3 is 0 Å². The van der Waals surface area contributed by atoms with Crippen LogP contribution in [0.3, 0.4) is 0 Å². The molecule has 0 saturated carbocycles. The largest absolute Gasteiger partial charge is 0.0883 e. The van der Waals surface area contributed by atoms with Gasteiger partial charge in [-0.25, -0.2) is 0 Å². The number of rotatable bonds is 1. The van der Waals surface area contributed by atoms with E-state index in [1.165, 1.54) is 19.3 Å². The third kappa shape index (κ3) is 3.00. The molecule has 0 bridgehead atoms. The van der Waals surface area contributed by atoms with Gasteiger partial charge in [0.25, 0.3) is 0 Å². The lowest BCUT2D eigenvalue weighted by Crippen LogP contribution is -2.20. The summed E-state index contributed by atoms with van der Waals surface area (Å²) in [6.07, 6.45) is 8.66. The van der Waals surface area contributed by atoms with Crippen LogP contribution in [0.5, 0.6) is 0 Å². The van der Waals surface area contributed by atoms with Crippen LogP contribution in [-0.4, -0.2) is 0 Å². The van der Waals surface area contributed by atoms with Gasteiger partial charge in [-0.2, -0.15) is 0 Å². The normalized spacial score (nSPS) is 30.7. The lowest BCUT2D eigenvalue weighted by Gasteiger charge is -2.31. The molecule has 0 aromatic carbocycles. The van der Waals surface area contributed by atoms with Gasteiger partial charge in [0.15, 0.2) is 0 Å². The van der Waals surface area contributed by atoms with Crippen LogP contribution in [0.1, 0.15) is 47.0 Å². The van der Waals surface area contributed by atoms with E-state index >= 15 is 0 Å². The van der Waals surface area contributed by atoms with E-state index in [1.807, 2.05) is 0 Å². The second-order valence-electron chi connectivity index (χ2n) is 5.44. The molecule has 0 N–H and O–H groups in total. The van der Waals surface area contributed by atoms with Crippen LogP contribution in [0.25, 0.3) is 0 Å². The minimum absolute atomic E-state index is 0.504. The summed E-state index contributed by atoms with van der Waals surface area (Å²) < 4.78 is 0. The molecule has 0 heteroatoms. The van der Waals surface area contributed by atoms with E-state index in [2.05, 4.69) is 39.8 Å². The molecule has 0 saturated heterocycles. The summed E-state index contributed by atoms with van der Waals surface area (Å²) in [5, 5.41) is 0. The summed E-state index contributed by atoms with van der Waals surface area (Å²) >= 11 is 0. The quantitative estimate of drug-likeness (QED) is 0.516. The van der Waals surface area contributed by atoms with E-state index in [-0.39, 0.29) is 0 Å². The zero-order chi connectivity index (χ0) is 9.19. The van der Waals surface area contributed by atoms with Crippen LogP contribution >= 0.6 is 0 Å². The fourth-order valence-corrected chi connectivity index (χ4v) is 2.08. The summed E-state index contributed by atoms with van der Waals surface area (Å²) in [5.41, 5.74) is 0.504. The molecule has 2 atom stereocenters. The molecular weight excluding hydrogens is 144 g/mol. The van der Waals surface area contributed by atoms with Crippen molar-refractivity contribution in [1.82, 2.24) is 0 Å². The Morgan fingerprint density at radius 2 is 1.75 bits per heavy atom. The Kier molecular flexibility index (Phi) is 2.98. The van der Waals surface area contributed by atoms with Gasteiger partial charge in [-0.15, -0.1) is 0 Å². The third-order valence-electron chi connectivity index (χ3n) is 2.79. The monoisotopic (exact) mass is 166 g/mol. The topological polar surface area (TPSA) is 0 Å². The molecule has 0 heterocycles. The van der Waals surface area contributed by atoms with Crippen LogP contribution in [0.15, 0.2) is 12.2 Å². The van der Waals surface area contributed by atoms with Crippen molar-refractivity contribution in [3.05, 3.63) is 12.2 Å². The van der Waals surface area contributed by atoms with Crippen LogP contribution in [0.2, 0.25) is 0 Å². The minimum Gasteiger partial charge on any atom is -0.0883 e. The van der Waals surface area contributed by atoms with Gasteiger partial charge in [-0.05, 0) is 36.5 Å². The molecule has 0 aromatic rings. The fourth-order valence-electron chi connectivity index (χ4n) is 2.08. The van der Waals surface area contributed by atoms with Crippen LogP contribution in [0, 0.1) is 17.3 Å². The second kappa shape index (κ2) is 3.64. The Balaban J connectivity index is 2.46. The van der Waals surface area contributed by atoms with Gasteiger partial charge in [0, 0.05) is 0 Å². The van der Waals surface area contributed by atoms with Crippen molar-refractivity contribution in [2.45, 2.75) is 47.0 Å². The van der Waals surface area contributed by atoms with Crippen LogP contribution in [0.4, 0.5) is 0 Å². The first-order valence-corrected chi connectivity index (χ1v) is 5.14. The highest BCUT2D eigenvalue weighted by Gasteiger charge is 2.23. The summed E-state index contributed by atoms with van der Waals surface area (Å²) in [6, 6.07) is 0. The van der Waals surface area contributed by atoms with Crippen LogP contribution in [-0.2, 0) is 0 Å². The molecule has 12 heavy (non-hydrogen) atoms. The molecule has 0 spiro atoms. The molecule has 1 rings (SSSR count). The maximum Gasteiger partial charge on any atom is -0.0319 e. The Labute approximate surface area is 77.1 Å². The maximum atomic E-state index is 2.39. The third-order valence-corrected chi connectivity index (χ3v) is 2.79. The molecule has 0 amide bonds. The first-order chi connectivity index (χ1) is 5.49. The molecule has 0 unspecified atom stereocenters. The van der Waals surface area contributed by atoms with E-state index < -0.39 is 0 Å². The highest BCUT2D eigenvalue weighted by Crippen LogP contribution is 2.34. The van der Waals surface area contributed by atoms with Gasteiger partial charge in [-0.1, -0.05) is 39.8 Å². The van der Waals surface area contributed by atoms with Crippen molar-refractivity contribution in [2.75, 3.05) is 0 Å². The van der Waals surface area contributed by atoms with Gasteiger partial charge in [-0.3, -0.25) is 0 Å². The van der Waals surface area contributed by atoms with Crippen molar-refractivity contribution < 1.29 is 0 Å². The molecule has 1 aliphatic carbocycles. The molecule has 0 nitrogen and oxygen atoms in total. The van der Waals surface area contributed by atoms with Gasteiger partial charge in [0.05, 0.1) is 0 Å². The summed E-state index contributed by atoms with van der Waals surface area (Å²) in [4.78, 5) is 0. The predicted octanol–water partition coefficient (Wildman–Crippen LogP) is 4.02. The van der Waals surface area contributed by atoms with E-state index in [4.69, 9.17) is 0 Å². The summed E-state index contributed by atoms with van der Waals surface area (Å²) in [6.45, 7) is 9.42. The van der Waals surface area contributed by atoms with Crippen LogP contribution < -0.4 is 0 Å². The molecule has 70 valence electrons. The van der Waals surface area contributed by atoms with E-state index in [0.717, 1.165) is 11.8 Å². The SMILES string of the molecule is C[C@@H]1CC=CC[C@@H]1CC(C)(C)C. The average Bonchev–Trinajstić information content (AvgIpc) is 1.91. The van der Waals surface area contributed by atoms with Crippen molar-refractivity contribution in [1.29, 1.82) is 0 Å². The zero-order valence-electron chi connectivity index (χ0n) is 8.93. The van der Waals surface area contributed by atoms with E-state index in [0.29, 0.717) is 5.41 Å². The van der Waals surface area contributed by atoms with Gasteiger partial charge >= 0.3 is 0 Å². The molecule has 1 aliphatic rings. The molecule has 0 aliphatic heterocycles. The molecule has 0 aromatic heterocycles. The molecule has 0 fully saturated rings. The number of hydrogen-bond donors (Lipinski definition) is 0. The lowest BCUT2D eigenvalue weighted by atomic mass is 9.75. The zero-order valence-corrected chi connectivity index (χ0v) is 8.93. The van der Waals surface area contributed by atoms with E-state index in [1.54, 1.807) is 0 Å². The maximum absolute atomic E-state index is 2.39. The van der Waals surface area contributed by atoms with Crippen molar-refractivity contribution in [3.63, 3.8) is 0 Å². The lowest BCUT2D eigenvalue weighted by molar-refractivity contribution is 0.228. The standard InChI is InChI=1S/C12H22/c1-10-7-5-6-8-11(10)9-12(2,3)4/h5-6,10-11H,7-9H2,1-4H3/t10-,11-/m1/s1. The Bertz CT molecular complexity index is 159. The predicted molar refractivity (Wildman–Crippen MR) is 55.1 cm³/mol. The minimum atomic E-state index is 0.504. The average molecular weight is 166 g/mol. The first-order valence-electron chi connectivity index (χ1n) is 5.14. The first kappa shape index (κ1) is 9.83. The molecular formula is C12H22. The molecule has 0 radical (unpaired) electrons. The summed E-state index contributed by atoms with van der Waals surface area (Å²) in [5.74, 6) is 1.82. The fraction of sp³-hybridized carbons (Fsp3) is 0.833. The van der Waals surface area contributed by atoms with Gasteiger partial charge in [0.2, 0.25) is 0 Å². The highest BCUT2D eigenvalue weighted by atomic mass is 14.3. The van der Waals surface area contributed by atoms with Crippen molar-refractivity contribution in [3.8, 4) is 0 Å².